The van der Waals surface area contributed by atoms with Crippen LogP contribution in [0.5, 0.6) is 0 Å². The number of ether oxygens (including phenoxy) is 3. The number of allylic oxidation sites excluding steroid dienone is 12. The van der Waals surface area contributed by atoms with Gasteiger partial charge in [0, 0.05) is 19.3 Å². The highest BCUT2D eigenvalue weighted by atomic mass is 16.6. The third-order valence-corrected chi connectivity index (χ3v) is 9.62. The standard InChI is InChI=1S/C49H83NO7/c1-6-8-10-12-14-16-18-19-20-21-22-23-24-25-26-27-28-30-32-34-36-38-40-48(52)57-45(43-55-42-41-46(49(53)54)50(3,4)5)44-56-47(51)39-37-35-33-31-29-17-15-13-11-9-7-2/h8,10,14,16,19-20,22-23,25-26,28,30,45-46H,6-7,9,11-13,15,17-18,21,24,27,29,31-44H2,1-5H3/p+1/b10-8+,16-14+,20-19+,23-22+,26-25+,30-28+. The summed E-state index contributed by atoms with van der Waals surface area (Å²) in [6.07, 6.45) is 49.4. The van der Waals surface area contributed by atoms with E-state index in [0.29, 0.717) is 12.8 Å². The number of carbonyl (C=O) groups is 3. The fourth-order valence-electron chi connectivity index (χ4n) is 6.15. The van der Waals surface area contributed by atoms with Gasteiger partial charge in [-0.3, -0.25) is 9.59 Å². The van der Waals surface area contributed by atoms with E-state index in [1.54, 1.807) is 0 Å². The lowest BCUT2D eigenvalue weighted by Crippen LogP contribution is -2.50. The van der Waals surface area contributed by atoms with Gasteiger partial charge in [0.1, 0.15) is 6.61 Å². The molecule has 0 aliphatic carbocycles. The molecule has 8 nitrogen and oxygen atoms in total. The first kappa shape index (κ1) is 53.8. The number of esters is 2. The lowest BCUT2D eigenvalue weighted by Gasteiger charge is -2.31. The summed E-state index contributed by atoms with van der Waals surface area (Å²) in [7, 11) is 5.51. The van der Waals surface area contributed by atoms with Crippen molar-refractivity contribution in [1.82, 2.24) is 0 Å². The highest BCUT2D eigenvalue weighted by molar-refractivity contribution is 5.72. The summed E-state index contributed by atoms with van der Waals surface area (Å²) in [5, 5.41) is 9.61. The minimum absolute atomic E-state index is 0.0453. The van der Waals surface area contributed by atoms with Crippen LogP contribution in [0.1, 0.15) is 168 Å². The van der Waals surface area contributed by atoms with Gasteiger partial charge in [-0.2, -0.15) is 0 Å². The number of hydrogen-bond acceptors (Lipinski definition) is 6. The van der Waals surface area contributed by atoms with Crippen LogP contribution < -0.4 is 0 Å². The van der Waals surface area contributed by atoms with Gasteiger partial charge in [-0.15, -0.1) is 0 Å². The zero-order valence-electron chi connectivity index (χ0n) is 37.0. The number of quaternary nitrogens is 1. The van der Waals surface area contributed by atoms with E-state index in [-0.39, 0.29) is 42.7 Å². The first-order chi connectivity index (χ1) is 27.6. The van der Waals surface area contributed by atoms with Gasteiger partial charge in [-0.05, 0) is 64.2 Å². The summed E-state index contributed by atoms with van der Waals surface area (Å²) in [5.74, 6) is -1.52. The Bertz CT molecular complexity index is 1160. The van der Waals surface area contributed by atoms with Crippen LogP contribution in [0.4, 0.5) is 0 Å². The van der Waals surface area contributed by atoms with Crippen molar-refractivity contribution in [1.29, 1.82) is 0 Å². The first-order valence-corrected chi connectivity index (χ1v) is 22.5. The molecule has 0 heterocycles. The Kier molecular flexibility index (Phi) is 37.3. The largest absolute Gasteiger partial charge is 0.477 e. The van der Waals surface area contributed by atoms with Gasteiger partial charge in [0.05, 0.1) is 34.4 Å². The van der Waals surface area contributed by atoms with E-state index in [1.165, 1.54) is 51.4 Å². The fourth-order valence-corrected chi connectivity index (χ4v) is 6.15. The van der Waals surface area contributed by atoms with E-state index in [4.69, 9.17) is 14.2 Å². The quantitative estimate of drug-likeness (QED) is 0.0286. The van der Waals surface area contributed by atoms with Gasteiger partial charge in [0.25, 0.3) is 0 Å². The minimum Gasteiger partial charge on any atom is -0.477 e. The smallest absolute Gasteiger partial charge is 0.362 e. The Morgan fingerprint density at radius 3 is 1.46 bits per heavy atom. The molecule has 326 valence electrons. The first-order valence-electron chi connectivity index (χ1n) is 22.5. The second-order valence-corrected chi connectivity index (χ2v) is 15.9. The maximum absolute atomic E-state index is 12.7. The highest BCUT2D eigenvalue weighted by Crippen LogP contribution is 2.14. The van der Waals surface area contributed by atoms with Gasteiger partial charge in [-0.1, -0.05) is 157 Å². The van der Waals surface area contributed by atoms with Crippen molar-refractivity contribution < 1.29 is 38.2 Å². The van der Waals surface area contributed by atoms with E-state index in [0.717, 1.165) is 83.5 Å². The van der Waals surface area contributed by atoms with Crippen molar-refractivity contribution in [3.05, 3.63) is 72.9 Å². The summed E-state index contributed by atoms with van der Waals surface area (Å²) < 4.78 is 17.2. The molecule has 2 unspecified atom stereocenters. The SMILES string of the molecule is CC/C=C/C/C=C/C/C=C/C/C=C/C/C=C/C/C=C/CCCCCC(=O)OC(COCCC(C(=O)O)[N+](C)(C)C)COC(=O)CCCCCCCCCCCCC. The number of carbonyl (C=O) groups excluding carboxylic acids is 2. The number of rotatable bonds is 39. The van der Waals surface area contributed by atoms with Crippen molar-refractivity contribution in [2.45, 2.75) is 180 Å². The molecule has 0 saturated heterocycles. The molecule has 0 rings (SSSR count). The molecule has 0 fully saturated rings. The number of nitrogens with zero attached hydrogens (tertiary/aromatic N) is 1. The molecule has 0 aliphatic rings. The second-order valence-electron chi connectivity index (χ2n) is 15.9. The van der Waals surface area contributed by atoms with Gasteiger partial charge >= 0.3 is 17.9 Å². The van der Waals surface area contributed by atoms with Gasteiger partial charge in [-0.25, -0.2) is 4.79 Å². The third kappa shape index (κ3) is 38.1. The number of unbranched alkanes of at least 4 members (excludes halogenated alkanes) is 13. The molecule has 0 radical (unpaired) electrons. The van der Waals surface area contributed by atoms with Crippen LogP contribution in [0.3, 0.4) is 0 Å². The van der Waals surface area contributed by atoms with E-state index < -0.39 is 18.1 Å². The molecule has 1 N–H and O–H groups in total. The fraction of sp³-hybridized carbons (Fsp3) is 0.694. The summed E-state index contributed by atoms with van der Waals surface area (Å²) in [6.45, 7) is 4.57. The molecule has 0 aliphatic heterocycles. The molecule has 0 aromatic heterocycles. The molecule has 0 saturated carbocycles. The molecule has 0 aromatic carbocycles. The predicted octanol–water partition coefficient (Wildman–Crippen LogP) is 12.4. The van der Waals surface area contributed by atoms with Gasteiger partial charge < -0.3 is 23.8 Å². The van der Waals surface area contributed by atoms with Crippen LogP contribution in [0.15, 0.2) is 72.9 Å². The molecule has 0 amide bonds. The molecule has 0 aromatic rings. The van der Waals surface area contributed by atoms with Crippen LogP contribution >= 0.6 is 0 Å². The number of hydrogen-bond donors (Lipinski definition) is 1. The monoisotopic (exact) mass is 799 g/mol. The minimum atomic E-state index is -0.883. The van der Waals surface area contributed by atoms with Gasteiger partial charge in [0.15, 0.2) is 12.1 Å². The van der Waals surface area contributed by atoms with E-state index in [2.05, 4.69) is 86.8 Å². The van der Waals surface area contributed by atoms with Crippen molar-refractivity contribution in [2.75, 3.05) is 41.0 Å². The van der Waals surface area contributed by atoms with Crippen LogP contribution in [0.25, 0.3) is 0 Å². The number of carboxylic acids is 1. The Balaban J connectivity index is 4.39. The molecule has 8 heteroatoms. The van der Waals surface area contributed by atoms with Crippen molar-refractivity contribution in [3.8, 4) is 0 Å². The third-order valence-electron chi connectivity index (χ3n) is 9.62. The molecule has 57 heavy (non-hydrogen) atoms. The van der Waals surface area contributed by atoms with Crippen LogP contribution in [0, 0.1) is 0 Å². The Hall–Kier alpha value is -3.23. The zero-order valence-corrected chi connectivity index (χ0v) is 37.0. The lowest BCUT2D eigenvalue weighted by atomic mass is 10.1. The summed E-state index contributed by atoms with van der Waals surface area (Å²) in [6, 6.07) is -0.623. The topological polar surface area (TPSA) is 99.1 Å². The van der Waals surface area contributed by atoms with Crippen molar-refractivity contribution >= 4 is 17.9 Å². The summed E-state index contributed by atoms with van der Waals surface area (Å²) in [5.41, 5.74) is 0. The maximum atomic E-state index is 12.7. The van der Waals surface area contributed by atoms with Crippen molar-refractivity contribution in [2.24, 2.45) is 0 Å². The van der Waals surface area contributed by atoms with E-state index in [9.17, 15) is 19.5 Å². The van der Waals surface area contributed by atoms with Crippen LogP contribution in [0.2, 0.25) is 0 Å². The average Bonchev–Trinajstić information content (AvgIpc) is 3.17. The predicted molar refractivity (Wildman–Crippen MR) is 238 cm³/mol. The lowest BCUT2D eigenvalue weighted by molar-refractivity contribution is -0.887. The number of likely N-dealkylation sites (N-methyl/N-ethyl adjacent to an activating group) is 1. The molecular formula is C49H84NO7+. The normalized spacial score (nSPS) is 13.6. The Labute approximate surface area is 349 Å². The Morgan fingerprint density at radius 2 is 0.982 bits per heavy atom. The summed E-state index contributed by atoms with van der Waals surface area (Å²) >= 11 is 0. The van der Waals surface area contributed by atoms with Crippen LogP contribution in [-0.4, -0.2) is 80.6 Å². The zero-order chi connectivity index (χ0) is 42.1. The van der Waals surface area contributed by atoms with Crippen molar-refractivity contribution in [3.63, 3.8) is 0 Å². The summed E-state index contributed by atoms with van der Waals surface area (Å²) in [4.78, 5) is 36.9. The van der Waals surface area contributed by atoms with E-state index >= 15 is 0 Å². The molecule has 2 atom stereocenters. The highest BCUT2D eigenvalue weighted by Gasteiger charge is 2.31. The Morgan fingerprint density at radius 1 is 0.544 bits per heavy atom. The average molecular weight is 799 g/mol. The molecule has 0 bridgehead atoms. The second kappa shape index (κ2) is 39.6. The maximum Gasteiger partial charge on any atom is 0.362 e. The number of aliphatic carboxylic acids is 1. The molecular weight excluding hydrogens is 715 g/mol. The van der Waals surface area contributed by atoms with Gasteiger partial charge in [0.2, 0.25) is 0 Å². The number of carboxylic acid groups (broad SMARTS) is 1. The molecule has 0 spiro atoms. The van der Waals surface area contributed by atoms with E-state index in [1.807, 2.05) is 21.1 Å². The van der Waals surface area contributed by atoms with Crippen LogP contribution in [-0.2, 0) is 28.6 Å².